The van der Waals surface area contributed by atoms with Gasteiger partial charge in [-0.2, -0.15) is 0 Å². The summed E-state index contributed by atoms with van der Waals surface area (Å²) in [6.45, 7) is -0.328. The number of hydrogen-bond donors (Lipinski definition) is 3. The topological polar surface area (TPSA) is 88.1 Å². The molecule has 0 atom stereocenters. The predicted molar refractivity (Wildman–Crippen MR) is 82.3 cm³/mol. The van der Waals surface area contributed by atoms with Gasteiger partial charge in [-0.05, 0) is 6.07 Å². The molecule has 0 aromatic heterocycles. The first kappa shape index (κ1) is 16.2. The van der Waals surface area contributed by atoms with Gasteiger partial charge in [-0.25, -0.2) is 0 Å². The van der Waals surface area contributed by atoms with Gasteiger partial charge in [0.05, 0.1) is 33.1 Å². The zero-order chi connectivity index (χ0) is 16.3. The van der Waals surface area contributed by atoms with Gasteiger partial charge < -0.3 is 19.9 Å². The van der Waals surface area contributed by atoms with E-state index >= 15 is 0 Å². The van der Waals surface area contributed by atoms with Crippen LogP contribution in [0.5, 0.6) is 11.5 Å². The Morgan fingerprint density at radius 3 is 2.45 bits per heavy atom. The summed E-state index contributed by atoms with van der Waals surface area (Å²) in [6, 6.07) is 3.26. The maximum Gasteiger partial charge on any atom is 0.277 e. The minimum Gasteiger partial charge on any atom is -0.493 e. The van der Waals surface area contributed by atoms with Crippen LogP contribution in [0.25, 0.3) is 0 Å². The fourth-order valence-electron chi connectivity index (χ4n) is 2.02. The van der Waals surface area contributed by atoms with Crippen LogP contribution in [-0.4, -0.2) is 49.2 Å². The molecule has 0 unspecified atom stereocenters. The lowest BCUT2D eigenvalue weighted by atomic mass is 10.2. The van der Waals surface area contributed by atoms with Gasteiger partial charge in [-0.15, -0.1) is 12.6 Å². The molecule has 8 heteroatoms. The minimum atomic E-state index is -0.499. The van der Waals surface area contributed by atoms with Gasteiger partial charge in [0.1, 0.15) is 5.70 Å². The summed E-state index contributed by atoms with van der Waals surface area (Å²) in [4.78, 5) is 25.3. The van der Waals surface area contributed by atoms with E-state index in [0.717, 1.165) is 4.90 Å². The number of aliphatic hydroxyl groups is 1. The lowest BCUT2D eigenvalue weighted by Gasteiger charge is -2.15. The summed E-state index contributed by atoms with van der Waals surface area (Å²) in [7, 11) is 3.00. The summed E-state index contributed by atoms with van der Waals surface area (Å²) in [6.07, 6.45) is 1.18. The van der Waals surface area contributed by atoms with Crippen molar-refractivity contribution in [3.05, 3.63) is 23.9 Å². The van der Waals surface area contributed by atoms with Gasteiger partial charge in [-0.1, -0.05) is 0 Å². The lowest BCUT2D eigenvalue weighted by Crippen LogP contribution is -2.34. The van der Waals surface area contributed by atoms with Crippen molar-refractivity contribution in [3.63, 3.8) is 0 Å². The predicted octanol–water partition coefficient (Wildman–Crippen LogP) is 0.649. The second-order valence-corrected chi connectivity index (χ2v) is 4.91. The Balaban J connectivity index is 2.26. The average Bonchev–Trinajstić information content (AvgIpc) is 2.76. The van der Waals surface area contributed by atoms with E-state index in [1.54, 1.807) is 12.1 Å². The van der Waals surface area contributed by atoms with E-state index in [2.05, 4.69) is 17.9 Å². The van der Waals surface area contributed by atoms with E-state index in [1.165, 1.54) is 20.3 Å². The van der Waals surface area contributed by atoms with Gasteiger partial charge in [0.25, 0.3) is 11.8 Å². The second-order valence-electron chi connectivity index (χ2n) is 4.43. The number of carbonyl (C=O) groups is 2. The van der Waals surface area contributed by atoms with Crippen molar-refractivity contribution in [1.82, 2.24) is 4.90 Å². The Morgan fingerprint density at radius 2 is 1.86 bits per heavy atom. The highest BCUT2D eigenvalue weighted by atomic mass is 32.1. The number of β-amino-alcohol motifs (C(OH)–C–C–N with tert-alkyl or cyclic N) is 1. The minimum absolute atomic E-state index is 0.0426. The molecule has 22 heavy (non-hydrogen) atoms. The van der Waals surface area contributed by atoms with Crippen molar-refractivity contribution in [2.24, 2.45) is 0 Å². The molecule has 1 aliphatic rings. The van der Waals surface area contributed by atoms with E-state index in [1.807, 2.05) is 0 Å². The molecular weight excluding hydrogens is 308 g/mol. The van der Waals surface area contributed by atoms with Gasteiger partial charge in [0, 0.05) is 17.0 Å². The number of rotatable bonds is 6. The van der Waals surface area contributed by atoms with Crippen molar-refractivity contribution in [3.8, 4) is 11.5 Å². The van der Waals surface area contributed by atoms with Crippen LogP contribution in [0.15, 0.2) is 28.8 Å². The third-order valence-corrected chi connectivity index (χ3v) is 3.47. The number of nitrogens with zero attached hydrogens (tertiary/aromatic N) is 1. The van der Waals surface area contributed by atoms with Crippen LogP contribution in [-0.2, 0) is 9.59 Å². The van der Waals surface area contributed by atoms with E-state index in [0.29, 0.717) is 22.1 Å². The zero-order valence-corrected chi connectivity index (χ0v) is 13.0. The van der Waals surface area contributed by atoms with E-state index < -0.39 is 11.8 Å². The van der Waals surface area contributed by atoms with Crippen LogP contribution in [0, 0.1) is 0 Å². The second kappa shape index (κ2) is 6.71. The first-order valence-electron chi connectivity index (χ1n) is 6.42. The number of anilines is 1. The number of hydrogen-bond acceptors (Lipinski definition) is 7. The average molecular weight is 324 g/mol. The summed E-state index contributed by atoms with van der Waals surface area (Å²) in [5.41, 5.74) is 0.611. The maximum absolute atomic E-state index is 12.1. The standard InChI is InChI=1S/C14H16N2O5S/c1-20-10-5-8(12(22)7-11(10)21-2)15-9-6-13(18)16(3-4-17)14(9)19/h5-7,15,17,22H,3-4H2,1-2H3. The van der Waals surface area contributed by atoms with Gasteiger partial charge in [0.15, 0.2) is 11.5 Å². The van der Waals surface area contributed by atoms with Crippen LogP contribution < -0.4 is 14.8 Å². The molecule has 1 heterocycles. The Bertz CT molecular complexity index is 644. The van der Waals surface area contributed by atoms with Crippen molar-refractivity contribution in [2.75, 3.05) is 32.7 Å². The molecule has 0 saturated heterocycles. The lowest BCUT2D eigenvalue weighted by molar-refractivity contribution is -0.137. The molecule has 2 rings (SSSR count). The highest BCUT2D eigenvalue weighted by Gasteiger charge is 2.31. The SMILES string of the molecule is COc1cc(S)c(NC2=CC(=O)N(CCO)C2=O)cc1OC. The molecule has 0 bridgehead atoms. The maximum atomic E-state index is 12.1. The van der Waals surface area contributed by atoms with E-state index in [9.17, 15) is 9.59 Å². The number of benzene rings is 1. The third-order valence-electron chi connectivity index (χ3n) is 3.10. The number of aliphatic hydroxyl groups excluding tert-OH is 1. The molecule has 0 fully saturated rings. The molecular formula is C14H16N2O5S. The summed E-state index contributed by atoms with van der Waals surface area (Å²) >= 11 is 4.32. The molecule has 0 radical (unpaired) electrons. The monoisotopic (exact) mass is 324 g/mol. The smallest absolute Gasteiger partial charge is 0.277 e. The Labute approximate surface area is 132 Å². The molecule has 0 saturated carbocycles. The van der Waals surface area contributed by atoms with Crippen molar-refractivity contribution in [1.29, 1.82) is 0 Å². The number of thiol groups is 1. The Kier molecular flexibility index (Phi) is 4.94. The number of ether oxygens (including phenoxy) is 2. The number of amides is 2. The van der Waals surface area contributed by atoms with Crippen molar-refractivity contribution < 1.29 is 24.2 Å². The normalized spacial score (nSPS) is 14.2. The molecule has 0 aliphatic carbocycles. The van der Waals surface area contributed by atoms with Gasteiger partial charge >= 0.3 is 0 Å². The van der Waals surface area contributed by atoms with Crippen molar-refractivity contribution >= 4 is 30.1 Å². The summed E-state index contributed by atoms with van der Waals surface area (Å²) in [5, 5.41) is 11.7. The number of methoxy groups -OCH3 is 2. The fourth-order valence-corrected chi connectivity index (χ4v) is 2.26. The summed E-state index contributed by atoms with van der Waals surface area (Å²) in [5.74, 6) is -0.000502. The zero-order valence-electron chi connectivity index (χ0n) is 12.1. The van der Waals surface area contributed by atoms with Crippen LogP contribution in [0.4, 0.5) is 5.69 Å². The quantitative estimate of drug-likeness (QED) is 0.526. The molecule has 1 aromatic rings. The van der Waals surface area contributed by atoms with E-state index in [4.69, 9.17) is 14.6 Å². The molecule has 118 valence electrons. The highest BCUT2D eigenvalue weighted by molar-refractivity contribution is 7.80. The summed E-state index contributed by atoms with van der Waals surface area (Å²) < 4.78 is 10.3. The molecule has 1 aromatic carbocycles. The molecule has 1 aliphatic heterocycles. The van der Waals surface area contributed by atoms with Gasteiger partial charge in [0.2, 0.25) is 0 Å². The first-order chi connectivity index (χ1) is 10.5. The Morgan fingerprint density at radius 1 is 1.23 bits per heavy atom. The van der Waals surface area contributed by atoms with Crippen molar-refractivity contribution in [2.45, 2.75) is 4.90 Å². The van der Waals surface area contributed by atoms with E-state index in [-0.39, 0.29) is 18.8 Å². The van der Waals surface area contributed by atoms with Crippen LogP contribution in [0.2, 0.25) is 0 Å². The number of carbonyl (C=O) groups excluding carboxylic acids is 2. The highest BCUT2D eigenvalue weighted by Crippen LogP contribution is 2.36. The van der Waals surface area contributed by atoms with Crippen LogP contribution >= 0.6 is 12.6 Å². The Hall–Kier alpha value is -2.19. The molecule has 2 amide bonds. The fraction of sp³-hybridized carbons (Fsp3) is 0.286. The molecule has 0 spiro atoms. The van der Waals surface area contributed by atoms with Crippen LogP contribution in [0.3, 0.4) is 0 Å². The number of imide groups is 1. The number of nitrogens with one attached hydrogen (secondary N) is 1. The molecule has 7 nitrogen and oxygen atoms in total. The third kappa shape index (κ3) is 3.02. The van der Waals surface area contributed by atoms with Gasteiger partial charge in [-0.3, -0.25) is 14.5 Å². The molecule has 2 N–H and O–H groups in total. The largest absolute Gasteiger partial charge is 0.493 e. The first-order valence-corrected chi connectivity index (χ1v) is 6.87. The van der Waals surface area contributed by atoms with Crippen LogP contribution in [0.1, 0.15) is 0 Å².